The zero-order valence-electron chi connectivity index (χ0n) is 9.51. The summed E-state index contributed by atoms with van der Waals surface area (Å²) in [7, 11) is 0. The number of nitrogens with two attached hydrogens (primary N) is 1. The third-order valence-corrected chi connectivity index (χ3v) is 2.12. The van der Waals surface area contributed by atoms with Crippen LogP contribution >= 0.6 is 0 Å². The third kappa shape index (κ3) is 2.52. The number of anilines is 1. The molecule has 1 aromatic heterocycles. The molecule has 0 atom stereocenters. The Hall–Kier alpha value is -2.68. The number of rotatable bonds is 2. The number of nitriles is 1. The number of benzene rings is 1. The molecular weight excluding hydrogens is 235 g/mol. The summed E-state index contributed by atoms with van der Waals surface area (Å²) in [5, 5.41) is 8.62. The van der Waals surface area contributed by atoms with Gasteiger partial charge in [0, 0.05) is 11.8 Å². The van der Waals surface area contributed by atoms with Crippen LogP contribution in [-0.4, -0.2) is 9.97 Å². The van der Waals surface area contributed by atoms with E-state index in [2.05, 4.69) is 9.97 Å². The van der Waals surface area contributed by atoms with E-state index in [1.54, 1.807) is 6.92 Å². The molecule has 90 valence electrons. The van der Waals surface area contributed by atoms with Crippen molar-refractivity contribution in [2.45, 2.75) is 6.92 Å². The van der Waals surface area contributed by atoms with Gasteiger partial charge in [-0.3, -0.25) is 0 Å². The number of ether oxygens (including phenoxy) is 1. The Morgan fingerprint density at radius 1 is 1.33 bits per heavy atom. The molecule has 1 aromatic carbocycles. The first-order valence-corrected chi connectivity index (χ1v) is 5.07. The van der Waals surface area contributed by atoms with Crippen molar-refractivity contribution < 1.29 is 9.13 Å². The highest BCUT2D eigenvalue weighted by molar-refractivity contribution is 5.38. The molecule has 0 amide bonds. The van der Waals surface area contributed by atoms with Gasteiger partial charge in [-0.05, 0) is 25.1 Å². The fraction of sp³-hybridized carbons (Fsp3) is 0.0833. The van der Waals surface area contributed by atoms with Crippen LogP contribution in [0, 0.1) is 24.1 Å². The van der Waals surface area contributed by atoms with Gasteiger partial charge in [0.1, 0.15) is 0 Å². The van der Waals surface area contributed by atoms with E-state index < -0.39 is 5.82 Å². The molecule has 0 bridgehead atoms. The lowest BCUT2D eigenvalue weighted by atomic mass is 10.2. The normalized spacial score (nSPS) is 9.83. The summed E-state index contributed by atoms with van der Waals surface area (Å²) in [5.74, 6) is -0.446. The Balaban J connectivity index is 2.31. The molecule has 18 heavy (non-hydrogen) atoms. The number of hydrogen-bond acceptors (Lipinski definition) is 5. The van der Waals surface area contributed by atoms with Crippen LogP contribution in [0.5, 0.6) is 11.6 Å². The molecule has 0 radical (unpaired) electrons. The summed E-state index contributed by atoms with van der Waals surface area (Å²) >= 11 is 0. The number of nitrogen functional groups attached to an aromatic ring is 1. The second kappa shape index (κ2) is 4.67. The fourth-order valence-electron chi connectivity index (χ4n) is 1.38. The lowest BCUT2D eigenvalue weighted by Gasteiger charge is -2.06. The highest BCUT2D eigenvalue weighted by Crippen LogP contribution is 2.24. The van der Waals surface area contributed by atoms with Gasteiger partial charge < -0.3 is 10.5 Å². The van der Waals surface area contributed by atoms with Gasteiger partial charge in [-0.1, -0.05) is 0 Å². The van der Waals surface area contributed by atoms with Crippen molar-refractivity contribution in [2.75, 3.05) is 5.73 Å². The van der Waals surface area contributed by atoms with Crippen LogP contribution in [0.4, 0.5) is 10.3 Å². The molecule has 0 saturated heterocycles. The maximum Gasteiger partial charge on any atom is 0.224 e. The van der Waals surface area contributed by atoms with Crippen LogP contribution in [0.3, 0.4) is 0 Å². The molecule has 0 unspecified atom stereocenters. The van der Waals surface area contributed by atoms with E-state index in [0.29, 0.717) is 5.69 Å². The molecule has 0 spiro atoms. The highest BCUT2D eigenvalue weighted by atomic mass is 19.1. The van der Waals surface area contributed by atoms with Crippen molar-refractivity contribution >= 4 is 5.95 Å². The Labute approximate surface area is 103 Å². The van der Waals surface area contributed by atoms with E-state index in [0.717, 1.165) is 6.07 Å². The molecule has 2 aromatic rings. The monoisotopic (exact) mass is 244 g/mol. The quantitative estimate of drug-likeness (QED) is 0.875. The number of halogens is 1. The van der Waals surface area contributed by atoms with Gasteiger partial charge in [-0.25, -0.2) is 9.37 Å². The standard InChI is InChI=1S/C12H9FN4O/c1-7-4-11(17-12(15)16-7)18-10-3-2-8(6-14)5-9(10)13/h2-5H,1H3,(H2,15,16,17). The Morgan fingerprint density at radius 2 is 2.11 bits per heavy atom. The van der Waals surface area contributed by atoms with Gasteiger partial charge in [0.15, 0.2) is 11.6 Å². The summed E-state index contributed by atoms with van der Waals surface area (Å²) in [5.41, 5.74) is 6.30. The maximum atomic E-state index is 13.6. The molecule has 0 fully saturated rings. The smallest absolute Gasteiger partial charge is 0.224 e. The number of aryl methyl sites for hydroxylation is 1. The van der Waals surface area contributed by atoms with Crippen molar-refractivity contribution in [3.63, 3.8) is 0 Å². The zero-order chi connectivity index (χ0) is 13.1. The van der Waals surface area contributed by atoms with Gasteiger partial charge in [-0.2, -0.15) is 10.2 Å². The van der Waals surface area contributed by atoms with E-state index in [1.165, 1.54) is 18.2 Å². The van der Waals surface area contributed by atoms with E-state index in [4.69, 9.17) is 15.7 Å². The van der Waals surface area contributed by atoms with Crippen LogP contribution in [0.25, 0.3) is 0 Å². The first kappa shape index (κ1) is 11.8. The minimum Gasteiger partial charge on any atom is -0.436 e. The van der Waals surface area contributed by atoms with E-state index in [1.807, 2.05) is 6.07 Å². The van der Waals surface area contributed by atoms with Gasteiger partial charge in [-0.15, -0.1) is 0 Å². The summed E-state index contributed by atoms with van der Waals surface area (Å²) in [4.78, 5) is 7.70. The van der Waals surface area contributed by atoms with E-state index >= 15 is 0 Å². The van der Waals surface area contributed by atoms with Crippen LogP contribution in [-0.2, 0) is 0 Å². The average molecular weight is 244 g/mol. The lowest BCUT2D eigenvalue weighted by molar-refractivity contribution is 0.426. The topological polar surface area (TPSA) is 84.8 Å². The van der Waals surface area contributed by atoms with Gasteiger partial charge in [0.2, 0.25) is 11.8 Å². The molecule has 2 N–H and O–H groups in total. The summed E-state index contributed by atoms with van der Waals surface area (Å²) in [6, 6.07) is 7.28. The van der Waals surface area contributed by atoms with Crippen molar-refractivity contribution in [3.8, 4) is 17.7 Å². The summed E-state index contributed by atoms with van der Waals surface area (Å²) in [6.45, 7) is 1.72. The van der Waals surface area contributed by atoms with Crippen molar-refractivity contribution in [3.05, 3.63) is 41.3 Å². The van der Waals surface area contributed by atoms with Crippen molar-refractivity contribution in [1.29, 1.82) is 5.26 Å². The minimum atomic E-state index is -0.635. The lowest BCUT2D eigenvalue weighted by Crippen LogP contribution is -1.99. The summed E-state index contributed by atoms with van der Waals surface area (Å²) < 4.78 is 18.8. The van der Waals surface area contributed by atoms with Crippen molar-refractivity contribution in [1.82, 2.24) is 9.97 Å². The van der Waals surface area contributed by atoms with Crippen LogP contribution in [0.2, 0.25) is 0 Å². The first-order chi connectivity index (χ1) is 8.58. The third-order valence-electron chi connectivity index (χ3n) is 2.12. The Bertz CT molecular complexity index is 616. The predicted octanol–water partition coefficient (Wildman–Crippen LogP) is 2.17. The molecule has 0 saturated carbocycles. The molecule has 1 heterocycles. The second-order valence-electron chi connectivity index (χ2n) is 3.56. The van der Waals surface area contributed by atoms with Gasteiger partial charge in [0.25, 0.3) is 0 Å². The van der Waals surface area contributed by atoms with Gasteiger partial charge in [0.05, 0.1) is 11.6 Å². The number of nitrogens with zero attached hydrogens (tertiary/aromatic N) is 3. The Morgan fingerprint density at radius 3 is 2.72 bits per heavy atom. The van der Waals surface area contributed by atoms with E-state index in [-0.39, 0.29) is 23.1 Å². The average Bonchev–Trinajstić information content (AvgIpc) is 2.30. The molecule has 2 rings (SSSR count). The summed E-state index contributed by atoms with van der Waals surface area (Å²) in [6.07, 6.45) is 0. The second-order valence-corrected chi connectivity index (χ2v) is 3.56. The first-order valence-electron chi connectivity index (χ1n) is 5.07. The van der Waals surface area contributed by atoms with Crippen LogP contribution in [0.15, 0.2) is 24.3 Å². The van der Waals surface area contributed by atoms with Gasteiger partial charge >= 0.3 is 0 Å². The van der Waals surface area contributed by atoms with Crippen molar-refractivity contribution in [2.24, 2.45) is 0 Å². The van der Waals surface area contributed by atoms with E-state index in [9.17, 15) is 4.39 Å². The van der Waals surface area contributed by atoms with Crippen LogP contribution in [0.1, 0.15) is 11.3 Å². The molecule has 0 aliphatic heterocycles. The molecular formula is C12H9FN4O. The Kier molecular flexibility index (Phi) is 3.06. The minimum absolute atomic E-state index is 0.0218. The largest absolute Gasteiger partial charge is 0.436 e. The number of aromatic nitrogens is 2. The zero-order valence-corrected chi connectivity index (χ0v) is 9.51. The SMILES string of the molecule is Cc1cc(Oc2ccc(C#N)cc2F)nc(N)n1. The number of hydrogen-bond donors (Lipinski definition) is 1. The molecule has 0 aliphatic rings. The molecule has 5 nitrogen and oxygen atoms in total. The van der Waals surface area contributed by atoms with Crippen LogP contribution < -0.4 is 10.5 Å². The fourth-order valence-corrected chi connectivity index (χ4v) is 1.38. The highest BCUT2D eigenvalue weighted by Gasteiger charge is 2.08. The predicted molar refractivity (Wildman–Crippen MR) is 62.4 cm³/mol. The maximum absolute atomic E-state index is 13.6. The molecule has 6 heteroatoms. The molecule has 0 aliphatic carbocycles.